The summed E-state index contributed by atoms with van der Waals surface area (Å²) in [5.41, 5.74) is 1.30. The van der Waals surface area contributed by atoms with Crippen LogP contribution in [-0.4, -0.2) is 15.7 Å². The first kappa shape index (κ1) is 16.6. The molecule has 6 nitrogen and oxygen atoms in total. The van der Waals surface area contributed by atoms with Crippen LogP contribution in [0.3, 0.4) is 0 Å². The third-order valence-electron chi connectivity index (χ3n) is 4.28. The average molecular weight is 339 g/mol. The lowest BCUT2D eigenvalue weighted by atomic mass is 10.00. The highest BCUT2D eigenvalue weighted by atomic mass is 19.1. The van der Waals surface area contributed by atoms with E-state index in [1.165, 1.54) is 29.2 Å². The van der Waals surface area contributed by atoms with Crippen LogP contribution in [0, 0.1) is 27.3 Å². The lowest BCUT2D eigenvalue weighted by molar-refractivity contribution is -0.384. The third-order valence-corrected chi connectivity index (χ3v) is 4.28. The Balaban J connectivity index is 1.91. The van der Waals surface area contributed by atoms with E-state index in [0.29, 0.717) is 23.1 Å². The van der Waals surface area contributed by atoms with Crippen molar-refractivity contribution in [2.75, 3.05) is 0 Å². The molecule has 0 saturated heterocycles. The van der Waals surface area contributed by atoms with Gasteiger partial charge in [-0.05, 0) is 24.1 Å². The van der Waals surface area contributed by atoms with Gasteiger partial charge in [-0.15, -0.1) is 0 Å². The topological polar surface area (TPSA) is 87.2 Å². The van der Waals surface area contributed by atoms with Crippen molar-refractivity contribution >= 4 is 11.6 Å². The molecule has 0 bridgehead atoms. The molecule has 1 aliphatic rings. The molecule has 0 saturated carbocycles. The molecule has 1 aliphatic heterocycles. The number of nitrogens with zero attached hydrogens (tertiary/aromatic N) is 3. The number of non-ortho nitro benzene ring substituents is 1. The van der Waals surface area contributed by atoms with Crippen LogP contribution in [0.25, 0.3) is 0 Å². The van der Waals surface area contributed by atoms with Gasteiger partial charge < -0.3 is 4.90 Å². The Labute approximate surface area is 143 Å². The van der Waals surface area contributed by atoms with Crippen molar-refractivity contribution in [2.24, 2.45) is 0 Å². The predicted molar refractivity (Wildman–Crippen MR) is 87.0 cm³/mol. The molecule has 2 aromatic carbocycles. The minimum atomic E-state index is -0.515. The van der Waals surface area contributed by atoms with Gasteiger partial charge in [0.15, 0.2) is 0 Å². The van der Waals surface area contributed by atoms with E-state index < -0.39 is 16.8 Å². The summed E-state index contributed by atoms with van der Waals surface area (Å²) in [4.78, 5) is 24.4. The van der Waals surface area contributed by atoms with E-state index in [1.54, 1.807) is 18.2 Å². The van der Waals surface area contributed by atoms with Gasteiger partial charge in [0.25, 0.3) is 11.6 Å². The predicted octanol–water partition coefficient (Wildman–Crippen LogP) is 3.73. The summed E-state index contributed by atoms with van der Waals surface area (Å²) in [5, 5.41) is 19.6. The highest BCUT2D eigenvalue weighted by Crippen LogP contribution is 2.39. The zero-order valence-electron chi connectivity index (χ0n) is 13.2. The van der Waals surface area contributed by atoms with Gasteiger partial charge in [-0.2, -0.15) is 5.26 Å². The maximum Gasteiger partial charge on any atom is 0.269 e. The van der Waals surface area contributed by atoms with Crippen LogP contribution >= 0.6 is 0 Å². The number of amides is 1. The largest absolute Gasteiger partial charge is 0.327 e. The summed E-state index contributed by atoms with van der Waals surface area (Å²) in [6, 6.07) is 11.8. The fourth-order valence-electron chi connectivity index (χ4n) is 3.12. The van der Waals surface area contributed by atoms with Gasteiger partial charge in [0.2, 0.25) is 0 Å². The summed E-state index contributed by atoms with van der Waals surface area (Å²) < 4.78 is 14.3. The van der Waals surface area contributed by atoms with E-state index in [2.05, 4.69) is 0 Å². The first-order valence-electron chi connectivity index (χ1n) is 7.72. The number of nitro benzene ring substituents is 1. The summed E-state index contributed by atoms with van der Waals surface area (Å²) in [6.07, 6.45) is 0.533. The van der Waals surface area contributed by atoms with Gasteiger partial charge in [0.1, 0.15) is 5.82 Å². The van der Waals surface area contributed by atoms with Gasteiger partial charge >= 0.3 is 0 Å². The van der Waals surface area contributed by atoms with E-state index in [4.69, 9.17) is 5.26 Å². The highest BCUT2D eigenvalue weighted by molar-refractivity contribution is 5.99. The SMILES string of the molecule is N#CCCC1c2c(F)cccc2C(=O)N1Cc1ccc([N+](=O)[O-])cc1. The second kappa shape index (κ2) is 6.69. The zero-order valence-corrected chi connectivity index (χ0v) is 13.2. The Kier molecular flexibility index (Phi) is 4.44. The zero-order chi connectivity index (χ0) is 18.0. The van der Waals surface area contributed by atoms with E-state index in [1.807, 2.05) is 6.07 Å². The molecule has 0 spiro atoms. The average Bonchev–Trinajstić information content (AvgIpc) is 2.87. The Morgan fingerprint density at radius 1 is 1.24 bits per heavy atom. The second-order valence-electron chi connectivity index (χ2n) is 5.77. The Bertz CT molecular complexity index is 874. The van der Waals surface area contributed by atoms with Crippen molar-refractivity contribution in [3.8, 4) is 6.07 Å². The molecule has 0 aliphatic carbocycles. The lowest BCUT2D eigenvalue weighted by Crippen LogP contribution is -2.27. The maximum atomic E-state index is 14.3. The number of fused-ring (bicyclic) bond motifs is 1. The molecule has 1 amide bonds. The molecular formula is C18H14FN3O3. The van der Waals surface area contributed by atoms with Crippen molar-refractivity contribution in [2.45, 2.75) is 25.4 Å². The standard InChI is InChI=1S/C18H14FN3O3/c19-15-4-1-3-14-17(15)16(5-2-10-20)21(18(14)23)11-12-6-8-13(9-7-12)22(24)25/h1,3-4,6-9,16H,2,5,11H2. The monoisotopic (exact) mass is 339 g/mol. The molecule has 7 heteroatoms. The molecule has 0 aromatic heterocycles. The fourth-order valence-corrected chi connectivity index (χ4v) is 3.12. The van der Waals surface area contributed by atoms with Gasteiger partial charge in [0, 0.05) is 36.2 Å². The number of hydrogen-bond acceptors (Lipinski definition) is 4. The molecule has 3 rings (SSSR count). The normalized spacial score (nSPS) is 15.8. The molecule has 0 fully saturated rings. The van der Waals surface area contributed by atoms with Gasteiger partial charge in [0.05, 0.1) is 17.0 Å². The molecule has 0 radical (unpaired) electrons. The number of carbonyl (C=O) groups is 1. The van der Waals surface area contributed by atoms with Crippen LogP contribution in [0.4, 0.5) is 10.1 Å². The van der Waals surface area contributed by atoms with Crippen LogP contribution in [0.1, 0.15) is 40.4 Å². The minimum absolute atomic E-state index is 0.0353. The van der Waals surface area contributed by atoms with Crippen molar-refractivity contribution < 1.29 is 14.1 Å². The van der Waals surface area contributed by atoms with E-state index in [0.717, 1.165) is 0 Å². The third kappa shape index (κ3) is 3.06. The number of rotatable bonds is 5. The maximum absolute atomic E-state index is 14.3. The van der Waals surface area contributed by atoms with Crippen molar-refractivity contribution in [3.05, 3.63) is 75.1 Å². The van der Waals surface area contributed by atoms with Crippen LogP contribution in [0.5, 0.6) is 0 Å². The summed E-state index contributed by atoms with van der Waals surface area (Å²) in [7, 11) is 0. The van der Waals surface area contributed by atoms with E-state index in [9.17, 15) is 19.3 Å². The Morgan fingerprint density at radius 3 is 2.60 bits per heavy atom. The first-order valence-corrected chi connectivity index (χ1v) is 7.72. The number of nitro groups is 1. The van der Waals surface area contributed by atoms with Crippen LogP contribution in [-0.2, 0) is 6.54 Å². The van der Waals surface area contributed by atoms with Crippen LogP contribution in [0.2, 0.25) is 0 Å². The van der Waals surface area contributed by atoms with Crippen molar-refractivity contribution in [1.29, 1.82) is 5.26 Å². The summed E-state index contributed by atoms with van der Waals surface area (Å²) >= 11 is 0. The van der Waals surface area contributed by atoms with Crippen LogP contribution in [0.15, 0.2) is 42.5 Å². The Hall–Kier alpha value is -3.27. The van der Waals surface area contributed by atoms with E-state index in [-0.39, 0.29) is 24.6 Å². The molecule has 2 aromatic rings. The number of carbonyl (C=O) groups excluding carboxylic acids is 1. The smallest absolute Gasteiger partial charge is 0.269 e. The molecule has 126 valence electrons. The van der Waals surface area contributed by atoms with Crippen molar-refractivity contribution in [1.82, 2.24) is 4.90 Å². The molecule has 1 heterocycles. The minimum Gasteiger partial charge on any atom is -0.327 e. The summed E-state index contributed by atoms with van der Waals surface area (Å²) in [5.74, 6) is -0.754. The quantitative estimate of drug-likeness (QED) is 0.613. The van der Waals surface area contributed by atoms with Gasteiger partial charge in [-0.3, -0.25) is 14.9 Å². The van der Waals surface area contributed by atoms with Crippen molar-refractivity contribution in [3.63, 3.8) is 0 Å². The first-order chi connectivity index (χ1) is 12.0. The molecule has 1 unspecified atom stereocenters. The lowest BCUT2D eigenvalue weighted by Gasteiger charge is -2.25. The highest BCUT2D eigenvalue weighted by Gasteiger charge is 2.38. The second-order valence-corrected chi connectivity index (χ2v) is 5.77. The Morgan fingerprint density at radius 2 is 1.96 bits per heavy atom. The van der Waals surface area contributed by atoms with E-state index >= 15 is 0 Å². The van der Waals surface area contributed by atoms with Gasteiger partial charge in [-0.25, -0.2) is 4.39 Å². The summed E-state index contributed by atoms with van der Waals surface area (Å²) in [6.45, 7) is 0.195. The number of halogens is 1. The molecule has 0 N–H and O–H groups in total. The molecular weight excluding hydrogens is 325 g/mol. The molecule has 1 atom stereocenters. The number of hydrogen-bond donors (Lipinski definition) is 0. The fraction of sp³-hybridized carbons (Fsp3) is 0.222. The van der Waals surface area contributed by atoms with Gasteiger partial charge in [-0.1, -0.05) is 18.2 Å². The number of benzene rings is 2. The molecule has 25 heavy (non-hydrogen) atoms. The number of nitriles is 1. The van der Waals surface area contributed by atoms with Crippen LogP contribution < -0.4 is 0 Å².